The smallest absolute Gasteiger partial charge is 0.166 e. The average molecular weight is 246 g/mol. The van der Waals surface area contributed by atoms with Crippen LogP contribution in [0.5, 0.6) is 0 Å². The number of rotatable bonds is 3. The second-order valence-electron chi connectivity index (χ2n) is 4.95. The minimum atomic E-state index is -2.82. The molecule has 2 aliphatic heterocycles. The van der Waals surface area contributed by atoms with Crippen molar-refractivity contribution in [2.24, 2.45) is 5.92 Å². The summed E-state index contributed by atoms with van der Waals surface area (Å²) in [5.74, 6) is 1.02. The Bertz CT molecular complexity index is 308. The van der Waals surface area contributed by atoms with Crippen molar-refractivity contribution in [1.82, 2.24) is 10.6 Å². The van der Waals surface area contributed by atoms with Crippen LogP contribution < -0.4 is 10.6 Å². The quantitative estimate of drug-likeness (QED) is 0.761. The van der Waals surface area contributed by atoms with Gasteiger partial charge in [-0.3, -0.25) is 0 Å². The lowest BCUT2D eigenvalue weighted by molar-refractivity contribution is 0.422. The molecule has 2 fully saturated rings. The van der Waals surface area contributed by atoms with E-state index in [1.165, 1.54) is 19.3 Å². The molecule has 2 rings (SSSR count). The zero-order valence-electron chi connectivity index (χ0n) is 9.74. The zero-order valence-corrected chi connectivity index (χ0v) is 10.6. The molecule has 2 heterocycles. The highest BCUT2D eigenvalue weighted by molar-refractivity contribution is 7.92. The fraction of sp³-hybridized carbons (Fsp3) is 1.00. The molecule has 0 amide bonds. The van der Waals surface area contributed by atoms with E-state index in [-0.39, 0.29) is 5.37 Å². The molecular weight excluding hydrogens is 224 g/mol. The Kier molecular flexibility index (Phi) is 4.21. The Morgan fingerprint density at radius 1 is 1.12 bits per heavy atom. The van der Waals surface area contributed by atoms with Gasteiger partial charge in [-0.05, 0) is 57.7 Å². The normalized spacial score (nSPS) is 34.8. The van der Waals surface area contributed by atoms with Crippen LogP contribution >= 0.6 is 0 Å². The predicted molar refractivity (Wildman–Crippen MR) is 65.0 cm³/mol. The van der Waals surface area contributed by atoms with Gasteiger partial charge in [0.15, 0.2) is 9.84 Å². The van der Waals surface area contributed by atoms with E-state index in [1.807, 2.05) is 0 Å². The van der Waals surface area contributed by atoms with E-state index >= 15 is 0 Å². The molecule has 5 heteroatoms. The summed E-state index contributed by atoms with van der Waals surface area (Å²) in [4.78, 5) is 0. The number of sulfone groups is 1. The molecule has 0 aromatic heterocycles. The van der Waals surface area contributed by atoms with Gasteiger partial charge in [-0.25, -0.2) is 8.42 Å². The third kappa shape index (κ3) is 3.18. The zero-order chi connectivity index (χ0) is 11.4. The van der Waals surface area contributed by atoms with Crippen LogP contribution in [0.1, 0.15) is 32.1 Å². The summed E-state index contributed by atoms with van der Waals surface area (Å²) >= 11 is 0. The van der Waals surface area contributed by atoms with Gasteiger partial charge in [-0.1, -0.05) is 0 Å². The monoisotopic (exact) mass is 246 g/mol. The molecule has 0 spiro atoms. The highest BCUT2D eigenvalue weighted by Gasteiger charge is 2.31. The Balaban J connectivity index is 1.78. The van der Waals surface area contributed by atoms with Crippen molar-refractivity contribution in [1.29, 1.82) is 0 Å². The molecular formula is C11H22N2O2S. The molecule has 2 aliphatic rings. The summed E-state index contributed by atoms with van der Waals surface area (Å²) in [7, 11) is -2.82. The first-order chi connectivity index (χ1) is 7.68. The fourth-order valence-electron chi connectivity index (χ4n) is 2.61. The standard InChI is InChI=1S/C11H22N2O2S/c14-16(15)8-2-4-11(16)13-9-10-3-1-6-12-7-5-10/h10-13H,1-9H2. The molecule has 2 N–H and O–H groups in total. The van der Waals surface area contributed by atoms with Gasteiger partial charge in [-0.2, -0.15) is 0 Å². The summed E-state index contributed by atoms with van der Waals surface area (Å²) in [6.07, 6.45) is 5.22. The van der Waals surface area contributed by atoms with Gasteiger partial charge in [0, 0.05) is 0 Å². The van der Waals surface area contributed by atoms with Crippen LogP contribution in [0.3, 0.4) is 0 Å². The minimum absolute atomic E-state index is 0.260. The van der Waals surface area contributed by atoms with Gasteiger partial charge in [0.1, 0.15) is 5.37 Å². The molecule has 0 saturated carbocycles. The van der Waals surface area contributed by atoms with Crippen LogP contribution in [0.15, 0.2) is 0 Å². The first-order valence-corrected chi connectivity index (χ1v) is 8.06. The Hall–Kier alpha value is -0.130. The molecule has 2 unspecified atom stereocenters. The van der Waals surface area contributed by atoms with Crippen molar-refractivity contribution in [2.75, 3.05) is 25.4 Å². The molecule has 2 saturated heterocycles. The summed E-state index contributed by atoms with van der Waals surface area (Å²) in [6.45, 7) is 3.05. The van der Waals surface area contributed by atoms with Crippen LogP contribution in [-0.4, -0.2) is 39.2 Å². The van der Waals surface area contributed by atoms with Crippen molar-refractivity contribution in [3.8, 4) is 0 Å². The third-order valence-electron chi connectivity index (χ3n) is 3.66. The first kappa shape index (κ1) is 12.3. The highest BCUT2D eigenvalue weighted by Crippen LogP contribution is 2.19. The van der Waals surface area contributed by atoms with Crippen LogP contribution in [0.25, 0.3) is 0 Å². The van der Waals surface area contributed by atoms with Gasteiger partial charge in [0.2, 0.25) is 0 Å². The summed E-state index contributed by atoms with van der Waals surface area (Å²) in [6, 6.07) is 0. The SMILES string of the molecule is O=S1(=O)CCCC1NCC1CCCNCC1. The van der Waals surface area contributed by atoms with Crippen LogP contribution in [0.2, 0.25) is 0 Å². The van der Waals surface area contributed by atoms with Crippen LogP contribution in [-0.2, 0) is 9.84 Å². The molecule has 0 aliphatic carbocycles. The van der Waals surface area contributed by atoms with Crippen molar-refractivity contribution in [3.63, 3.8) is 0 Å². The Morgan fingerprint density at radius 3 is 2.75 bits per heavy atom. The number of hydrogen-bond donors (Lipinski definition) is 2. The highest BCUT2D eigenvalue weighted by atomic mass is 32.2. The molecule has 4 nitrogen and oxygen atoms in total. The lowest BCUT2D eigenvalue weighted by Gasteiger charge is -2.18. The van der Waals surface area contributed by atoms with Crippen molar-refractivity contribution in [2.45, 2.75) is 37.5 Å². The van der Waals surface area contributed by atoms with E-state index in [0.29, 0.717) is 11.7 Å². The second-order valence-corrected chi connectivity index (χ2v) is 7.26. The molecule has 0 aromatic rings. The van der Waals surface area contributed by atoms with E-state index in [4.69, 9.17) is 0 Å². The largest absolute Gasteiger partial charge is 0.317 e. The Labute approximate surface area is 98.1 Å². The van der Waals surface area contributed by atoms with Crippen molar-refractivity contribution in [3.05, 3.63) is 0 Å². The molecule has 94 valence electrons. The minimum Gasteiger partial charge on any atom is -0.317 e. The van der Waals surface area contributed by atoms with Crippen molar-refractivity contribution < 1.29 is 8.42 Å². The fourth-order valence-corrected chi connectivity index (χ4v) is 4.34. The van der Waals surface area contributed by atoms with Crippen LogP contribution in [0.4, 0.5) is 0 Å². The van der Waals surface area contributed by atoms with E-state index in [1.54, 1.807) is 0 Å². The maximum Gasteiger partial charge on any atom is 0.166 e. The van der Waals surface area contributed by atoms with Gasteiger partial charge in [0.25, 0.3) is 0 Å². The van der Waals surface area contributed by atoms with Crippen LogP contribution in [0, 0.1) is 5.92 Å². The van der Waals surface area contributed by atoms with E-state index in [0.717, 1.165) is 32.5 Å². The van der Waals surface area contributed by atoms with Gasteiger partial charge in [-0.15, -0.1) is 0 Å². The van der Waals surface area contributed by atoms with Crippen molar-refractivity contribution >= 4 is 9.84 Å². The molecule has 0 bridgehead atoms. The van der Waals surface area contributed by atoms with Gasteiger partial charge < -0.3 is 10.6 Å². The Morgan fingerprint density at radius 2 is 2.00 bits per heavy atom. The van der Waals surface area contributed by atoms with Gasteiger partial charge >= 0.3 is 0 Å². The average Bonchev–Trinajstić information content (AvgIpc) is 2.48. The molecule has 2 atom stereocenters. The molecule has 0 radical (unpaired) electrons. The van der Waals surface area contributed by atoms with E-state index in [9.17, 15) is 8.42 Å². The van der Waals surface area contributed by atoms with E-state index < -0.39 is 9.84 Å². The summed E-state index contributed by atoms with van der Waals surface area (Å²) in [5, 5.41) is 6.37. The van der Waals surface area contributed by atoms with Gasteiger partial charge in [0.05, 0.1) is 5.75 Å². The number of nitrogens with one attached hydrogen (secondary N) is 2. The number of hydrogen-bond acceptors (Lipinski definition) is 4. The predicted octanol–water partition coefficient (Wildman–Crippen LogP) is 0.500. The lowest BCUT2D eigenvalue weighted by atomic mass is 10.0. The second kappa shape index (κ2) is 5.47. The maximum absolute atomic E-state index is 11.6. The third-order valence-corrected chi connectivity index (χ3v) is 5.79. The lowest BCUT2D eigenvalue weighted by Crippen LogP contribution is -2.36. The summed E-state index contributed by atoms with van der Waals surface area (Å²) in [5.41, 5.74) is 0. The maximum atomic E-state index is 11.6. The molecule has 16 heavy (non-hydrogen) atoms. The molecule has 0 aromatic carbocycles. The van der Waals surface area contributed by atoms with E-state index in [2.05, 4.69) is 10.6 Å². The first-order valence-electron chi connectivity index (χ1n) is 6.34. The summed E-state index contributed by atoms with van der Waals surface area (Å²) < 4.78 is 23.3. The topological polar surface area (TPSA) is 58.2 Å².